The molecule has 0 radical (unpaired) electrons. The molecule has 158 valence electrons. The Labute approximate surface area is 178 Å². The second-order valence-corrected chi connectivity index (χ2v) is 8.10. The van der Waals surface area contributed by atoms with Crippen LogP contribution in [0.2, 0.25) is 0 Å². The smallest absolute Gasteiger partial charge is 0.257 e. The van der Waals surface area contributed by atoms with Gasteiger partial charge < -0.3 is 9.47 Å². The second-order valence-electron chi connectivity index (χ2n) is 8.10. The number of amides is 1. The Bertz CT molecular complexity index is 888. The normalized spacial score (nSPS) is 24.6. The number of carbonyl (C=O) groups excluding carboxylic acids is 1. The van der Waals surface area contributed by atoms with Gasteiger partial charge in [0.2, 0.25) is 0 Å². The minimum Gasteiger partial charge on any atom is -0.497 e. The molecule has 0 bridgehead atoms. The number of benzene rings is 2. The monoisotopic (exact) mass is 407 g/mol. The molecule has 3 atom stereocenters. The van der Waals surface area contributed by atoms with Gasteiger partial charge in [-0.1, -0.05) is 42.5 Å². The van der Waals surface area contributed by atoms with Gasteiger partial charge in [-0.3, -0.25) is 9.69 Å². The minimum absolute atomic E-state index is 0.0167. The van der Waals surface area contributed by atoms with Crippen LogP contribution in [0, 0.1) is 0 Å². The summed E-state index contributed by atoms with van der Waals surface area (Å²) in [5, 5.41) is 6.45. The summed E-state index contributed by atoms with van der Waals surface area (Å²) in [5.41, 5.74) is 3.05. The first-order chi connectivity index (χ1) is 14.5. The molecule has 30 heavy (non-hydrogen) atoms. The molecule has 1 saturated heterocycles. The van der Waals surface area contributed by atoms with Gasteiger partial charge in [0.15, 0.2) is 0 Å². The van der Waals surface area contributed by atoms with Gasteiger partial charge in [-0.25, -0.2) is 5.01 Å². The van der Waals surface area contributed by atoms with Gasteiger partial charge in [-0.05, 0) is 37.1 Å². The maximum absolute atomic E-state index is 13.3. The minimum atomic E-state index is -0.116. The van der Waals surface area contributed by atoms with Gasteiger partial charge >= 0.3 is 0 Å². The first-order valence-corrected chi connectivity index (χ1v) is 10.5. The zero-order chi connectivity index (χ0) is 21.1. The number of carbonyl (C=O) groups is 1. The third-order valence-electron chi connectivity index (χ3n) is 5.63. The predicted molar refractivity (Wildman–Crippen MR) is 117 cm³/mol. The van der Waals surface area contributed by atoms with Crippen LogP contribution < -0.4 is 4.74 Å². The molecule has 1 amide bonds. The Morgan fingerprint density at radius 2 is 1.73 bits per heavy atom. The molecule has 2 aromatic rings. The van der Waals surface area contributed by atoms with Crippen LogP contribution in [0.15, 0.2) is 59.7 Å². The van der Waals surface area contributed by atoms with E-state index in [1.807, 2.05) is 54.6 Å². The molecule has 0 spiro atoms. The summed E-state index contributed by atoms with van der Waals surface area (Å²) in [4.78, 5) is 15.5. The summed E-state index contributed by atoms with van der Waals surface area (Å²) in [6.45, 7) is 5.96. The lowest BCUT2D eigenvalue weighted by atomic mass is 9.98. The molecule has 6 heteroatoms. The highest BCUT2D eigenvalue weighted by molar-refractivity contribution is 6.03. The van der Waals surface area contributed by atoms with Crippen molar-refractivity contribution >= 4 is 11.6 Å². The molecule has 4 rings (SSSR count). The average Bonchev–Trinajstić information content (AvgIpc) is 3.19. The molecule has 0 unspecified atom stereocenters. The fourth-order valence-corrected chi connectivity index (χ4v) is 4.31. The van der Waals surface area contributed by atoms with Crippen LogP contribution in [0.25, 0.3) is 0 Å². The third-order valence-corrected chi connectivity index (χ3v) is 5.63. The van der Waals surface area contributed by atoms with Gasteiger partial charge in [-0.2, -0.15) is 5.10 Å². The van der Waals surface area contributed by atoms with E-state index >= 15 is 0 Å². The number of rotatable bonds is 5. The molecule has 0 aromatic heterocycles. The maximum atomic E-state index is 13.3. The number of hydrogen-bond donors (Lipinski definition) is 0. The van der Waals surface area contributed by atoms with Crippen molar-refractivity contribution in [2.75, 3.05) is 26.7 Å². The fourth-order valence-electron chi connectivity index (χ4n) is 4.31. The summed E-state index contributed by atoms with van der Waals surface area (Å²) >= 11 is 0. The van der Waals surface area contributed by atoms with E-state index in [1.165, 1.54) is 0 Å². The highest BCUT2D eigenvalue weighted by atomic mass is 16.5. The van der Waals surface area contributed by atoms with Gasteiger partial charge in [0.1, 0.15) is 5.75 Å². The molecule has 0 aliphatic carbocycles. The van der Waals surface area contributed by atoms with Gasteiger partial charge in [0, 0.05) is 19.5 Å². The molecule has 0 saturated carbocycles. The van der Waals surface area contributed by atoms with Crippen molar-refractivity contribution in [1.82, 2.24) is 9.91 Å². The van der Waals surface area contributed by atoms with E-state index in [0.29, 0.717) is 13.0 Å². The van der Waals surface area contributed by atoms with Crippen molar-refractivity contribution in [2.24, 2.45) is 5.10 Å². The SMILES string of the molecule is COc1ccc([C@@H]2CC(c3ccccc3)=NN2C(=O)CN2C[C@@H](C)O[C@@H](C)C2)cc1. The summed E-state index contributed by atoms with van der Waals surface area (Å²) in [7, 11) is 1.65. The van der Waals surface area contributed by atoms with E-state index in [1.54, 1.807) is 12.1 Å². The van der Waals surface area contributed by atoms with E-state index in [9.17, 15) is 4.79 Å². The standard InChI is InChI=1S/C24H29N3O3/c1-17-14-26(15-18(2)30-17)16-24(28)27-23(20-9-11-21(29-3)12-10-20)13-22(25-27)19-7-5-4-6-8-19/h4-12,17-18,23H,13-16H2,1-3H3/t17-,18+,23-/m0/s1. The van der Waals surface area contributed by atoms with E-state index < -0.39 is 0 Å². The van der Waals surface area contributed by atoms with Crippen molar-refractivity contribution in [3.05, 3.63) is 65.7 Å². The lowest BCUT2D eigenvalue weighted by molar-refractivity contribution is -0.137. The number of nitrogens with zero attached hydrogens (tertiary/aromatic N) is 3. The quantitative estimate of drug-likeness (QED) is 0.762. The average molecular weight is 408 g/mol. The molecule has 2 aliphatic heterocycles. The van der Waals surface area contributed by atoms with Crippen molar-refractivity contribution in [1.29, 1.82) is 0 Å². The van der Waals surface area contributed by atoms with Crippen LogP contribution in [-0.2, 0) is 9.53 Å². The fraction of sp³-hybridized carbons (Fsp3) is 0.417. The second kappa shape index (κ2) is 8.98. The predicted octanol–water partition coefficient (Wildman–Crippen LogP) is 3.48. The summed E-state index contributed by atoms with van der Waals surface area (Å²) in [6.07, 6.45) is 0.944. The van der Waals surface area contributed by atoms with E-state index in [4.69, 9.17) is 14.6 Å². The van der Waals surface area contributed by atoms with E-state index in [-0.39, 0.29) is 24.2 Å². The lowest BCUT2D eigenvalue weighted by Crippen LogP contribution is -2.49. The Hall–Kier alpha value is -2.70. The number of hydrazone groups is 1. The van der Waals surface area contributed by atoms with Crippen molar-refractivity contribution in [2.45, 2.75) is 38.5 Å². The van der Waals surface area contributed by atoms with E-state index in [0.717, 1.165) is 35.7 Å². The molecule has 6 nitrogen and oxygen atoms in total. The molecular formula is C24H29N3O3. The van der Waals surface area contributed by atoms with Crippen LogP contribution in [0.5, 0.6) is 5.75 Å². The maximum Gasteiger partial charge on any atom is 0.257 e. The highest BCUT2D eigenvalue weighted by Gasteiger charge is 2.34. The molecule has 2 heterocycles. The van der Waals surface area contributed by atoms with Crippen molar-refractivity contribution in [3.63, 3.8) is 0 Å². The zero-order valence-electron chi connectivity index (χ0n) is 17.8. The van der Waals surface area contributed by atoms with Crippen LogP contribution in [0.4, 0.5) is 0 Å². The number of morpholine rings is 1. The lowest BCUT2D eigenvalue weighted by Gasteiger charge is -2.35. The summed E-state index contributed by atoms with van der Waals surface area (Å²) in [6, 6.07) is 17.9. The zero-order valence-corrected chi connectivity index (χ0v) is 17.8. The topological polar surface area (TPSA) is 54.4 Å². The van der Waals surface area contributed by atoms with Gasteiger partial charge in [0.05, 0.1) is 37.6 Å². The molecule has 0 N–H and O–H groups in total. The Morgan fingerprint density at radius 1 is 1.07 bits per heavy atom. The highest BCUT2D eigenvalue weighted by Crippen LogP contribution is 2.33. The van der Waals surface area contributed by atoms with Gasteiger partial charge in [0.25, 0.3) is 5.91 Å². The Morgan fingerprint density at radius 3 is 2.37 bits per heavy atom. The third kappa shape index (κ3) is 4.55. The van der Waals surface area contributed by atoms with Crippen molar-refractivity contribution < 1.29 is 14.3 Å². The summed E-state index contributed by atoms with van der Waals surface area (Å²) < 4.78 is 11.1. The van der Waals surface area contributed by atoms with Crippen LogP contribution in [0.1, 0.15) is 37.4 Å². The number of methoxy groups -OCH3 is 1. The van der Waals surface area contributed by atoms with Crippen LogP contribution >= 0.6 is 0 Å². The number of hydrogen-bond acceptors (Lipinski definition) is 5. The molecular weight excluding hydrogens is 378 g/mol. The van der Waals surface area contributed by atoms with Crippen LogP contribution in [0.3, 0.4) is 0 Å². The van der Waals surface area contributed by atoms with E-state index in [2.05, 4.69) is 18.7 Å². The van der Waals surface area contributed by atoms with Crippen LogP contribution in [-0.4, -0.2) is 60.5 Å². The number of ether oxygens (including phenoxy) is 2. The summed E-state index contributed by atoms with van der Waals surface area (Å²) in [5.74, 6) is 0.818. The van der Waals surface area contributed by atoms with Gasteiger partial charge in [-0.15, -0.1) is 0 Å². The first kappa shape index (κ1) is 20.6. The Balaban J connectivity index is 1.57. The molecule has 1 fully saturated rings. The largest absolute Gasteiger partial charge is 0.497 e. The van der Waals surface area contributed by atoms with Crippen molar-refractivity contribution in [3.8, 4) is 5.75 Å². The molecule has 2 aliphatic rings. The first-order valence-electron chi connectivity index (χ1n) is 10.5. The Kier molecular flexibility index (Phi) is 6.16. The molecule has 2 aromatic carbocycles.